The SMILES string of the molecule is CC.O=C1CCC(N2Cc3ccc(CNC(=O)Nc4cccc(Cl)c4)cc3C2=O)C(=O)N1. The van der Waals surface area contributed by atoms with Gasteiger partial charge in [-0.05, 0) is 41.8 Å². The summed E-state index contributed by atoms with van der Waals surface area (Å²) in [6, 6.07) is 11.2. The lowest BCUT2D eigenvalue weighted by Gasteiger charge is -2.29. The van der Waals surface area contributed by atoms with Crippen LogP contribution in [0.5, 0.6) is 0 Å². The fourth-order valence-corrected chi connectivity index (χ4v) is 3.83. The Morgan fingerprint density at radius 1 is 1.16 bits per heavy atom. The number of nitrogens with zero attached hydrogens (tertiary/aromatic N) is 1. The molecule has 2 aliphatic heterocycles. The number of carbonyl (C=O) groups is 4. The molecule has 1 saturated heterocycles. The summed E-state index contributed by atoms with van der Waals surface area (Å²) in [5.41, 5.74) is 2.66. The number of anilines is 1. The second kappa shape index (κ2) is 10.3. The highest BCUT2D eigenvalue weighted by Crippen LogP contribution is 2.28. The normalized spacial score (nSPS) is 17.2. The number of urea groups is 1. The molecule has 168 valence electrons. The van der Waals surface area contributed by atoms with Crippen molar-refractivity contribution in [3.05, 3.63) is 64.2 Å². The average molecular weight is 457 g/mol. The predicted molar refractivity (Wildman–Crippen MR) is 121 cm³/mol. The Kier molecular flexibility index (Phi) is 7.48. The van der Waals surface area contributed by atoms with Crippen molar-refractivity contribution < 1.29 is 19.2 Å². The Hall–Kier alpha value is -3.39. The maximum atomic E-state index is 12.8. The largest absolute Gasteiger partial charge is 0.334 e. The number of nitrogens with one attached hydrogen (secondary N) is 3. The van der Waals surface area contributed by atoms with Crippen molar-refractivity contribution in [3.8, 4) is 0 Å². The van der Waals surface area contributed by atoms with Gasteiger partial charge in [0.05, 0.1) is 0 Å². The van der Waals surface area contributed by atoms with E-state index in [0.717, 1.165) is 11.1 Å². The van der Waals surface area contributed by atoms with Gasteiger partial charge in [-0.3, -0.25) is 19.7 Å². The number of hydrogen-bond donors (Lipinski definition) is 3. The molecule has 1 unspecified atom stereocenters. The molecule has 0 spiro atoms. The van der Waals surface area contributed by atoms with Crippen LogP contribution in [0.2, 0.25) is 5.02 Å². The summed E-state index contributed by atoms with van der Waals surface area (Å²) in [6.45, 7) is 4.55. The van der Waals surface area contributed by atoms with Crippen LogP contribution >= 0.6 is 11.6 Å². The molecule has 2 heterocycles. The molecule has 2 aliphatic rings. The molecule has 0 aromatic heterocycles. The summed E-state index contributed by atoms with van der Waals surface area (Å²) in [4.78, 5) is 49.9. The van der Waals surface area contributed by atoms with Gasteiger partial charge in [0, 0.05) is 35.8 Å². The number of imide groups is 1. The van der Waals surface area contributed by atoms with Crippen molar-refractivity contribution in [1.29, 1.82) is 0 Å². The minimum absolute atomic E-state index is 0.216. The molecule has 0 radical (unpaired) electrons. The van der Waals surface area contributed by atoms with Crippen LogP contribution in [0, 0.1) is 0 Å². The summed E-state index contributed by atoms with van der Waals surface area (Å²) in [5, 5.41) is 8.24. The minimum atomic E-state index is -0.646. The number of carbonyl (C=O) groups excluding carboxylic acids is 4. The number of amides is 5. The molecule has 9 heteroatoms. The van der Waals surface area contributed by atoms with Crippen molar-refractivity contribution in [2.45, 2.75) is 45.8 Å². The molecule has 3 N–H and O–H groups in total. The summed E-state index contributed by atoms with van der Waals surface area (Å²) in [5.74, 6) is -0.999. The fourth-order valence-electron chi connectivity index (χ4n) is 3.64. The van der Waals surface area contributed by atoms with Gasteiger partial charge in [-0.15, -0.1) is 0 Å². The molecule has 1 fully saturated rings. The topological polar surface area (TPSA) is 108 Å². The molecule has 2 aromatic carbocycles. The Morgan fingerprint density at radius 3 is 2.66 bits per heavy atom. The second-order valence-electron chi connectivity index (χ2n) is 7.21. The van der Waals surface area contributed by atoms with Crippen molar-refractivity contribution in [3.63, 3.8) is 0 Å². The van der Waals surface area contributed by atoms with Crippen LogP contribution in [-0.4, -0.2) is 34.7 Å². The molecule has 4 rings (SSSR count). The quantitative estimate of drug-likeness (QED) is 0.612. The van der Waals surface area contributed by atoms with Crippen LogP contribution in [0.25, 0.3) is 0 Å². The lowest BCUT2D eigenvalue weighted by Crippen LogP contribution is -2.52. The molecule has 0 saturated carbocycles. The molecular weight excluding hydrogens is 432 g/mol. The molecule has 0 bridgehead atoms. The van der Waals surface area contributed by atoms with Gasteiger partial charge in [0.1, 0.15) is 6.04 Å². The van der Waals surface area contributed by atoms with Crippen LogP contribution in [0.1, 0.15) is 48.2 Å². The first-order valence-electron chi connectivity index (χ1n) is 10.5. The number of rotatable bonds is 4. The third kappa shape index (κ3) is 5.26. The number of benzene rings is 2. The maximum Gasteiger partial charge on any atom is 0.319 e. The standard InChI is InChI=1S/C21H19ClN4O4.C2H6/c22-14-2-1-3-15(9-14)24-21(30)23-10-12-4-5-13-11-26(20(29)16(13)8-12)17-6-7-18(27)25-19(17)28;1-2/h1-5,8-9,17H,6-7,10-11H2,(H2,23,24,30)(H,25,27,28);1-2H3. The number of fused-ring (bicyclic) bond motifs is 1. The molecule has 1 atom stereocenters. The van der Waals surface area contributed by atoms with Gasteiger partial charge in [-0.1, -0.05) is 43.6 Å². The zero-order chi connectivity index (χ0) is 23.3. The molecule has 0 aliphatic carbocycles. The van der Waals surface area contributed by atoms with E-state index in [-0.39, 0.29) is 24.8 Å². The number of hydrogen-bond acceptors (Lipinski definition) is 4. The van der Waals surface area contributed by atoms with E-state index in [1.165, 1.54) is 4.90 Å². The minimum Gasteiger partial charge on any atom is -0.334 e. The lowest BCUT2D eigenvalue weighted by molar-refractivity contribution is -0.136. The number of halogens is 1. The Bertz CT molecular complexity index is 1060. The summed E-state index contributed by atoms with van der Waals surface area (Å²) in [6.07, 6.45) is 0.538. The molecule has 5 amide bonds. The van der Waals surface area contributed by atoms with E-state index in [9.17, 15) is 19.2 Å². The van der Waals surface area contributed by atoms with Gasteiger partial charge in [0.25, 0.3) is 5.91 Å². The van der Waals surface area contributed by atoms with E-state index in [4.69, 9.17) is 11.6 Å². The van der Waals surface area contributed by atoms with Gasteiger partial charge in [-0.25, -0.2) is 4.79 Å². The maximum absolute atomic E-state index is 12.8. The highest BCUT2D eigenvalue weighted by atomic mass is 35.5. The Balaban J connectivity index is 0.00000141. The first kappa shape index (κ1) is 23.3. The zero-order valence-electron chi connectivity index (χ0n) is 17.9. The fraction of sp³-hybridized carbons (Fsp3) is 0.304. The van der Waals surface area contributed by atoms with Crippen molar-refractivity contribution >= 4 is 41.0 Å². The van der Waals surface area contributed by atoms with Gasteiger partial charge < -0.3 is 15.5 Å². The van der Waals surface area contributed by atoms with Gasteiger partial charge in [-0.2, -0.15) is 0 Å². The third-order valence-corrected chi connectivity index (χ3v) is 5.36. The van der Waals surface area contributed by atoms with Crippen LogP contribution in [-0.2, 0) is 22.7 Å². The predicted octanol–water partition coefficient (Wildman–Crippen LogP) is 3.45. The first-order valence-corrected chi connectivity index (χ1v) is 10.9. The lowest BCUT2D eigenvalue weighted by atomic mass is 10.0. The van der Waals surface area contributed by atoms with Gasteiger partial charge >= 0.3 is 6.03 Å². The van der Waals surface area contributed by atoms with E-state index in [1.807, 2.05) is 26.0 Å². The zero-order valence-corrected chi connectivity index (χ0v) is 18.7. The molecular formula is C23H25ClN4O4. The Morgan fingerprint density at radius 2 is 1.94 bits per heavy atom. The first-order chi connectivity index (χ1) is 15.4. The second-order valence-corrected chi connectivity index (χ2v) is 7.65. The summed E-state index contributed by atoms with van der Waals surface area (Å²) in [7, 11) is 0. The van der Waals surface area contributed by atoms with Crippen LogP contribution in [0.3, 0.4) is 0 Å². The molecule has 2 aromatic rings. The summed E-state index contributed by atoms with van der Waals surface area (Å²) >= 11 is 5.90. The van der Waals surface area contributed by atoms with Gasteiger partial charge in [0.15, 0.2) is 0 Å². The van der Waals surface area contributed by atoms with E-state index < -0.39 is 18.0 Å². The van der Waals surface area contributed by atoms with E-state index in [2.05, 4.69) is 16.0 Å². The number of piperidine rings is 1. The van der Waals surface area contributed by atoms with Crippen molar-refractivity contribution in [2.75, 3.05) is 5.32 Å². The van der Waals surface area contributed by atoms with Crippen molar-refractivity contribution in [1.82, 2.24) is 15.5 Å². The third-order valence-electron chi connectivity index (χ3n) is 5.13. The smallest absolute Gasteiger partial charge is 0.319 e. The van der Waals surface area contributed by atoms with Crippen LogP contribution in [0.15, 0.2) is 42.5 Å². The molecule has 32 heavy (non-hydrogen) atoms. The van der Waals surface area contributed by atoms with Gasteiger partial charge in [0.2, 0.25) is 11.8 Å². The molecule has 8 nitrogen and oxygen atoms in total. The van der Waals surface area contributed by atoms with Crippen LogP contribution in [0.4, 0.5) is 10.5 Å². The van der Waals surface area contributed by atoms with Crippen LogP contribution < -0.4 is 16.0 Å². The van der Waals surface area contributed by atoms with E-state index in [0.29, 0.717) is 29.2 Å². The van der Waals surface area contributed by atoms with E-state index in [1.54, 1.807) is 30.3 Å². The highest BCUT2D eigenvalue weighted by Gasteiger charge is 2.39. The van der Waals surface area contributed by atoms with E-state index >= 15 is 0 Å². The Labute approximate surface area is 191 Å². The average Bonchev–Trinajstić information content (AvgIpc) is 3.09. The highest BCUT2D eigenvalue weighted by molar-refractivity contribution is 6.30. The van der Waals surface area contributed by atoms with Crippen molar-refractivity contribution in [2.24, 2.45) is 0 Å². The monoisotopic (exact) mass is 456 g/mol. The summed E-state index contributed by atoms with van der Waals surface area (Å²) < 4.78 is 0.